The van der Waals surface area contributed by atoms with Crippen LogP contribution in [0.15, 0.2) is 42.5 Å². The summed E-state index contributed by atoms with van der Waals surface area (Å²) >= 11 is 5.80. The van der Waals surface area contributed by atoms with Crippen LogP contribution in [0.3, 0.4) is 0 Å². The van der Waals surface area contributed by atoms with Gasteiger partial charge in [0.15, 0.2) is 6.61 Å². The summed E-state index contributed by atoms with van der Waals surface area (Å²) in [6.07, 6.45) is -4.57. The Labute approximate surface area is 158 Å². The van der Waals surface area contributed by atoms with Gasteiger partial charge in [-0.05, 0) is 42.5 Å². The number of ether oxygens (including phenoxy) is 1. The van der Waals surface area contributed by atoms with E-state index in [4.69, 9.17) is 16.3 Å². The van der Waals surface area contributed by atoms with Crippen molar-refractivity contribution in [2.75, 3.05) is 30.9 Å². The fourth-order valence-electron chi connectivity index (χ4n) is 2.09. The van der Waals surface area contributed by atoms with Crippen LogP contribution in [0, 0.1) is 0 Å². The highest BCUT2D eigenvalue weighted by Crippen LogP contribution is 2.33. The molecule has 0 aliphatic carbocycles. The molecule has 0 aromatic heterocycles. The van der Waals surface area contributed by atoms with Crippen molar-refractivity contribution in [1.82, 2.24) is 0 Å². The van der Waals surface area contributed by atoms with E-state index in [-0.39, 0.29) is 16.3 Å². The number of hydrogen-bond donors (Lipinski definition) is 1. The van der Waals surface area contributed by atoms with E-state index in [9.17, 15) is 22.8 Å². The standard InChI is InChI=1S/C18H16ClF3N2O3/c1-24(2)13-6-3-11(4-7-13)17(26)27-10-16(25)23-15-9-12(18(20,21)22)5-8-14(15)19/h3-9H,10H2,1-2H3,(H,23,25). The topological polar surface area (TPSA) is 58.6 Å². The molecule has 0 fully saturated rings. The molecule has 0 bridgehead atoms. The maximum Gasteiger partial charge on any atom is 0.416 e. The van der Waals surface area contributed by atoms with Gasteiger partial charge < -0.3 is 15.0 Å². The smallest absolute Gasteiger partial charge is 0.416 e. The van der Waals surface area contributed by atoms with Crippen LogP contribution < -0.4 is 10.2 Å². The summed E-state index contributed by atoms with van der Waals surface area (Å²) in [5.41, 5.74) is -0.0583. The number of anilines is 2. The van der Waals surface area contributed by atoms with E-state index in [0.29, 0.717) is 6.07 Å². The van der Waals surface area contributed by atoms with Crippen molar-refractivity contribution < 1.29 is 27.5 Å². The van der Waals surface area contributed by atoms with Crippen LogP contribution >= 0.6 is 11.6 Å². The van der Waals surface area contributed by atoms with E-state index in [1.807, 2.05) is 19.0 Å². The maximum atomic E-state index is 12.7. The van der Waals surface area contributed by atoms with Gasteiger partial charge in [-0.1, -0.05) is 11.6 Å². The number of hydrogen-bond acceptors (Lipinski definition) is 4. The second-order valence-corrected chi connectivity index (χ2v) is 6.17. The second kappa shape index (κ2) is 8.30. The highest BCUT2D eigenvalue weighted by molar-refractivity contribution is 6.33. The van der Waals surface area contributed by atoms with Crippen molar-refractivity contribution in [2.45, 2.75) is 6.18 Å². The minimum Gasteiger partial charge on any atom is -0.452 e. The first-order valence-electron chi connectivity index (χ1n) is 7.69. The summed E-state index contributed by atoms with van der Waals surface area (Å²) in [6, 6.07) is 9.03. The van der Waals surface area contributed by atoms with E-state index in [2.05, 4.69) is 5.32 Å². The Morgan fingerprint density at radius 2 is 1.74 bits per heavy atom. The van der Waals surface area contributed by atoms with Gasteiger partial charge in [0.05, 0.1) is 21.8 Å². The van der Waals surface area contributed by atoms with Gasteiger partial charge in [0.25, 0.3) is 5.91 Å². The lowest BCUT2D eigenvalue weighted by molar-refractivity contribution is -0.137. The maximum absolute atomic E-state index is 12.7. The lowest BCUT2D eigenvalue weighted by Crippen LogP contribution is -2.21. The molecule has 0 heterocycles. The molecule has 2 rings (SSSR count). The van der Waals surface area contributed by atoms with Crippen molar-refractivity contribution in [3.05, 3.63) is 58.6 Å². The molecule has 27 heavy (non-hydrogen) atoms. The normalized spacial score (nSPS) is 11.0. The zero-order valence-corrected chi connectivity index (χ0v) is 15.2. The number of esters is 1. The minimum absolute atomic E-state index is 0.0676. The molecule has 0 radical (unpaired) electrons. The number of amides is 1. The molecule has 0 saturated carbocycles. The lowest BCUT2D eigenvalue weighted by atomic mass is 10.2. The van der Waals surface area contributed by atoms with Crippen LogP contribution in [-0.2, 0) is 15.7 Å². The number of carbonyl (C=O) groups excluding carboxylic acids is 2. The summed E-state index contributed by atoms with van der Waals surface area (Å²) in [5, 5.41) is 2.13. The third kappa shape index (κ3) is 5.62. The molecule has 9 heteroatoms. The first kappa shape index (κ1) is 20.6. The minimum atomic E-state index is -4.57. The molecular weight excluding hydrogens is 385 g/mol. The SMILES string of the molecule is CN(C)c1ccc(C(=O)OCC(=O)Nc2cc(C(F)(F)F)ccc2Cl)cc1. The molecule has 5 nitrogen and oxygen atoms in total. The third-order valence-electron chi connectivity index (χ3n) is 3.52. The fraction of sp³-hybridized carbons (Fsp3) is 0.222. The molecule has 144 valence electrons. The van der Waals surface area contributed by atoms with E-state index >= 15 is 0 Å². The van der Waals surface area contributed by atoms with Crippen molar-refractivity contribution in [2.24, 2.45) is 0 Å². The number of nitrogens with one attached hydrogen (secondary N) is 1. The molecule has 0 saturated heterocycles. The van der Waals surface area contributed by atoms with Crippen LogP contribution in [-0.4, -0.2) is 32.6 Å². The molecule has 0 aliphatic heterocycles. The molecular formula is C18H16ClF3N2O3. The Hall–Kier alpha value is -2.74. The molecule has 0 spiro atoms. The number of rotatable bonds is 5. The Bertz CT molecular complexity index is 837. The number of alkyl halides is 3. The zero-order chi connectivity index (χ0) is 20.2. The molecule has 0 unspecified atom stereocenters. The van der Waals surface area contributed by atoms with E-state index in [1.54, 1.807) is 24.3 Å². The van der Waals surface area contributed by atoms with E-state index < -0.39 is 30.2 Å². The first-order chi connectivity index (χ1) is 12.6. The first-order valence-corrected chi connectivity index (χ1v) is 8.07. The summed E-state index contributed by atoms with van der Waals surface area (Å²) in [5.74, 6) is -1.54. The molecule has 2 aromatic carbocycles. The van der Waals surface area contributed by atoms with E-state index in [0.717, 1.165) is 17.8 Å². The van der Waals surface area contributed by atoms with Crippen LogP contribution in [0.1, 0.15) is 15.9 Å². The Balaban J connectivity index is 1.97. The van der Waals surface area contributed by atoms with Crippen LogP contribution in [0.25, 0.3) is 0 Å². The number of nitrogens with zero attached hydrogens (tertiary/aromatic N) is 1. The molecule has 0 atom stereocenters. The van der Waals surface area contributed by atoms with Gasteiger partial charge in [-0.3, -0.25) is 4.79 Å². The summed E-state index contributed by atoms with van der Waals surface area (Å²) in [7, 11) is 3.69. The third-order valence-corrected chi connectivity index (χ3v) is 3.85. The van der Waals surface area contributed by atoms with Gasteiger partial charge >= 0.3 is 12.1 Å². The Kier molecular flexibility index (Phi) is 6.32. The largest absolute Gasteiger partial charge is 0.452 e. The molecule has 1 N–H and O–H groups in total. The number of halogens is 4. The highest BCUT2D eigenvalue weighted by Gasteiger charge is 2.31. The molecule has 2 aromatic rings. The number of carbonyl (C=O) groups is 2. The van der Waals surface area contributed by atoms with Gasteiger partial charge in [-0.25, -0.2) is 4.79 Å². The predicted molar refractivity (Wildman–Crippen MR) is 96.1 cm³/mol. The summed E-state index contributed by atoms with van der Waals surface area (Å²) in [6.45, 7) is -0.666. The van der Waals surface area contributed by atoms with Gasteiger partial charge in [0.1, 0.15) is 0 Å². The predicted octanol–water partition coefficient (Wildman–Crippen LogP) is 4.22. The molecule has 0 aliphatic rings. The fourth-order valence-corrected chi connectivity index (χ4v) is 2.26. The van der Waals surface area contributed by atoms with Crippen LogP contribution in [0.2, 0.25) is 5.02 Å². The van der Waals surface area contributed by atoms with Gasteiger partial charge in [0, 0.05) is 19.8 Å². The Morgan fingerprint density at radius 3 is 2.30 bits per heavy atom. The van der Waals surface area contributed by atoms with Crippen molar-refractivity contribution in [3.8, 4) is 0 Å². The van der Waals surface area contributed by atoms with Crippen molar-refractivity contribution in [1.29, 1.82) is 0 Å². The summed E-state index contributed by atoms with van der Waals surface area (Å²) in [4.78, 5) is 25.7. The van der Waals surface area contributed by atoms with Gasteiger partial charge in [-0.15, -0.1) is 0 Å². The highest BCUT2D eigenvalue weighted by atomic mass is 35.5. The summed E-state index contributed by atoms with van der Waals surface area (Å²) < 4.78 is 43.1. The van der Waals surface area contributed by atoms with Gasteiger partial charge in [-0.2, -0.15) is 13.2 Å². The average molecular weight is 401 g/mol. The van der Waals surface area contributed by atoms with Crippen molar-refractivity contribution in [3.63, 3.8) is 0 Å². The Morgan fingerprint density at radius 1 is 1.11 bits per heavy atom. The lowest BCUT2D eigenvalue weighted by Gasteiger charge is -2.13. The second-order valence-electron chi connectivity index (χ2n) is 5.76. The van der Waals surface area contributed by atoms with E-state index in [1.165, 1.54) is 0 Å². The van der Waals surface area contributed by atoms with Crippen molar-refractivity contribution >= 4 is 34.9 Å². The monoisotopic (exact) mass is 400 g/mol. The molecule has 1 amide bonds. The van der Waals surface area contributed by atoms with Crippen LogP contribution in [0.5, 0.6) is 0 Å². The average Bonchev–Trinajstić information content (AvgIpc) is 2.60. The van der Waals surface area contributed by atoms with Gasteiger partial charge in [0.2, 0.25) is 0 Å². The quantitative estimate of drug-likeness (QED) is 0.763. The zero-order valence-electron chi connectivity index (χ0n) is 14.4. The number of benzene rings is 2. The van der Waals surface area contributed by atoms with Crippen LogP contribution in [0.4, 0.5) is 24.5 Å².